The maximum atomic E-state index is 12.8. The molecule has 1 amide bonds. The van der Waals surface area contributed by atoms with Crippen LogP contribution in [-0.2, 0) is 6.54 Å². The molecule has 0 saturated heterocycles. The first-order valence-corrected chi connectivity index (χ1v) is 6.91. The Balaban J connectivity index is 1.64. The highest BCUT2D eigenvalue weighted by Crippen LogP contribution is 2.16. The summed E-state index contributed by atoms with van der Waals surface area (Å²) in [5, 5.41) is 10.4. The number of hydrogen-bond donors (Lipinski definition) is 1. The molecule has 0 fully saturated rings. The number of carbonyl (C=O) groups excluding carboxylic acids is 1. The molecule has 23 heavy (non-hydrogen) atoms. The van der Waals surface area contributed by atoms with Gasteiger partial charge in [0.05, 0.1) is 12.1 Å². The Kier molecular flexibility index (Phi) is 4.09. The largest absolute Gasteiger partial charge is 0.419 e. The average molecular weight is 312 g/mol. The molecule has 2 aromatic heterocycles. The highest BCUT2D eigenvalue weighted by atomic mass is 19.1. The standard InChI is InChI=1S/C16H13FN4O2/c1-10-2-3-12(8-18-10)16-21-20-14(23-16)9-19-15(22)11-4-6-13(17)7-5-11/h2-8H,9H2,1H3,(H,19,22). The number of halogens is 1. The number of amides is 1. The lowest BCUT2D eigenvalue weighted by atomic mass is 10.2. The fraction of sp³-hybridized carbons (Fsp3) is 0.125. The number of benzene rings is 1. The molecule has 116 valence electrons. The van der Waals surface area contributed by atoms with Crippen molar-refractivity contribution in [1.82, 2.24) is 20.5 Å². The van der Waals surface area contributed by atoms with Crippen molar-refractivity contribution in [1.29, 1.82) is 0 Å². The minimum absolute atomic E-state index is 0.0858. The van der Waals surface area contributed by atoms with Crippen molar-refractivity contribution in [2.45, 2.75) is 13.5 Å². The predicted octanol–water partition coefficient (Wildman–Crippen LogP) is 2.51. The molecule has 3 rings (SSSR count). The Hall–Kier alpha value is -3.09. The van der Waals surface area contributed by atoms with Crippen molar-refractivity contribution < 1.29 is 13.6 Å². The molecule has 1 aromatic carbocycles. The Labute approximate surface area is 131 Å². The molecule has 2 heterocycles. The fourth-order valence-corrected chi connectivity index (χ4v) is 1.90. The molecule has 6 nitrogen and oxygen atoms in total. The summed E-state index contributed by atoms with van der Waals surface area (Å²) in [5.74, 6) is -0.129. The number of nitrogens with zero attached hydrogens (tertiary/aromatic N) is 3. The molecule has 0 aliphatic carbocycles. The topological polar surface area (TPSA) is 80.9 Å². The van der Waals surface area contributed by atoms with E-state index < -0.39 is 5.82 Å². The van der Waals surface area contributed by atoms with Crippen LogP contribution in [0.15, 0.2) is 47.0 Å². The van der Waals surface area contributed by atoms with E-state index in [0.29, 0.717) is 17.0 Å². The fourth-order valence-electron chi connectivity index (χ4n) is 1.90. The maximum absolute atomic E-state index is 12.8. The summed E-state index contributed by atoms with van der Waals surface area (Å²) < 4.78 is 18.3. The van der Waals surface area contributed by atoms with Crippen LogP contribution in [-0.4, -0.2) is 21.1 Å². The van der Waals surface area contributed by atoms with E-state index in [1.807, 2.05) is 19.1 Å². The number of aromatic nitrogens is 3. The summed E-state index contributed by atoms with van der Waals surface area (Å²) in [6, 6.07) is 8.93. The molecule has 0 bridgehead atoms. The summed E-state index contributed by atoms with van der Waals surface area (Å²) >= 11 is 0. The number of nitrogens with one attached hydrogen (secondary N) is 1. The molecule has 0 aliphatic rings. The number of pyridine rings is 1. The summed E-state index contributed by atoms with van der Waals surface area (Å²) in [6.07, 6.45) is 1.64. The van der Waals surface area contributed by atoms with E-state index in [2.05, 4.69) is 20.5 Å². The Morgan fingerprint density at radius 2 is 1.96 bits per heavy atom. The zero-order chi connectivity index (χ0) is 16.2. The normalized spacial score (nSPS) is 10.5. The van der Waals surface area contributed by atoms with Gasteiger partial charge in [0.25, 0.3) is 5.91 Å². The van der Waals surface area contributed by atoms with E-state index >= 15 is 0 Å². The number of hydrogen-bond acceptors (Lipinski definition) is 5. The molecule has 0 spiro atoms. The van der Waals surface area contributed by atoms with Gasteiger partial charge in [0.1, 0.15) is 5.82 Å². The molecule has 3 aromatic rings. The van der Waals surface area contributed by atoms with Gasteiger partial charge in [-0.15, -0.1) is 10.2 Å². The minimum atomic E-state index is -0.394. The zero-order valence-corrected chi connectivity index (χ0v) is 12.3. The van der Waals surface area contributed by atoms with Gasteiger partial charge in [0.15, 0.2) is 0 Å². The van der Waals surface area contributed by atoms with Crippen LogP contribution in [0.1, 0.15) is 21.9 Å². The van der Waals surface area contributed by atoms with Crippen LogP contribution >= 0.6 is 0 Å². The van der Waals surface area contributed by atoms with Crippen molar-refractivity contribution in [2.75, 3.05) is 0 Å². The van der Waals surface area contributed by atoms with E-state index in [1.165, 1.54) is 24.3 Å². The van der Waals surface area contributed by atoms with E-state index in [-0.39, 0.29) is 18.3 Å². The highest BCUT2D eigenvalue weighted by Gasteiger charge is 2.11. The quantitative estimate of drug-likeness (QED) is 0.800. The lowest BCUT2D eigenvalue weighted by Crippen LogP contribution is -2.22. The molecule has 7 heteroatoms. The van der Waals surface area contributed by atoms with Crippen LogP contribution in [0.5, 0.6) is 0 Å². The van der Waals surface area contributed by atoms with Gasteiger partial charge < -0.3 is 9.73 Å². The van der Waals surface area contributed by atoms with Crippen molar-refractivity contribution in [3.05, 3.63) is 65.6 Å². The predicted molar refractivity (Wildman–Crippen MR) is 79.8 cm³/mol. The third-order valence-corrected chi connectivity index (χ3v) is 3.13. The van der Waals surface area contributed by atoms with E-state index in [9.17, 15) is 9.18 Å². The molecule has 0 atom stereocenters. The first kappa shape index (κ1) is 14.8. The van der Waals surface area contributed by atoms with Gasteiger partial charge in [-0.3, -0.25) is 9.78 Å². The Bertz CT molecular complexity index is 813. The Morgan fingerprint density at radius 1 is 1.17 bits per heavy atom. The average Bonchev–Trinajstić information content (AvgIpc) is 3.03. The summed E-state index contributed by atoms with van der Waals surface area (Å²) in [5.41, 5.74) is 1.95. The van der Waals surface area contributed by atoms with Crippen molar-refractivity contribution >= 4 is 5.91 Å². The molecular formula is C16H13FN4O2. The first-order valence-electron chi connectivity index (χ1n) is 6.91. The van der Waals surface area contributed by atoms with E-state index in [1.54, 1.807) is 6.20 Å². The van der Waals surface area contributed by atoms with Crippen molar-refractivity contribution in [2.24, 2.45) is 0 Å². The molecule has 0 aliphatic heterocycles. The van der Waals surface area contributed by atoms with Crippen LogP contribution in [0.4, 0.5) is 4.39 Å². The third-order valence-electron chi connectivity index (χ3n) is 3.13. The van der Waals surface area contributed by atoms with Gasteiger partial charge in [-0.1, -0.05) is 0 Å². The number of aryl methyl sites for hydroxylation is 1. The van der Waals surface area contributed by atoms with Crippen LogP contribution in [0, 0.1) is 12.7 Å². The molecule has 1 N–H and O–H groups in total. The van der Waals surface area contributed by atoms with Crippen LogP contribution in [0.2, 0.25) is 0 Å². The highest BCUT2D eigenvalue weighted by molar-refractivity contribution is 5.94. The molecule has 0 unspecified atom stereocenters. The Morgan fingerprint density at radius 3 is 2.65 bits per heavy atom. The van der Waals surface area contributed by atoms with Gasteiger partial charge >= 0.3 is 0 Å². The smallest absolute Gasteiger partial charge is 0.251 e. The van der Waals surface area contributed by atoms with Crippen molar-refractivity contribution in [3.8, 4) is 11.5 Å². The number of carbonyl (C=O) groups is 1. The van der Waals surface area contributed by atoms with Gasteiger partial charge in [0.2, 0.25) is 11.8 Å². The third kappa shape index (κ3) is 3.57. The second-order valence-corrected chi connectivity index (χ2v) is 4.88. The summed E-state index contributed by atoms with van der Waals surface area (Å²) in [4.78, 5) is 16.1. The van der Waals surface area contributed by atoms with Gasteiger partial charge in [0, 0.05) is 17.5 Å². The van der Waals surface area contributed by atoms with E-state index in [0.717, 1.165) is 5.69 Å². The SMILES string of the molecule is Cc1ccc(-c2nnc(CNC(=O)c3ccc(F)cc3)o2)cn1. The lowest BCUT2D eigenvalue weighted by Gasteiger charge is -2.02. The number of rotatable bonds is 4. The maximum Gasteiger partial charge on any atom is 0.251 e. The molecule has 0 saturated carbocycles. The first-order chi connectivity index (χ1) is 11.1. The second-order valence-electron chi connectivity index (χ2n) is 4.88. The minimum Gasteiger partial charge on any atom is -0.419 e. The van der Waals surface area contributed by atoms with Crippen molar-refractivity contribution in [3.63, 3.8) is 0 Å². The zero-order valence-electron chi connectivity index (χ0n) is 12.3. The van der Waals surface area contributed by atoms with Gasteiger partial charge in [-0.05, 0) is 43.3 Å². The van der Waals surface area contributed by atoms with Crippen LogP contribution in [0.25, 0.3) is 11.5 Å². The molecular weight excluding hydrogens is 299 g/mol. The second kappa shape index (κ2) is 6.35. The monoisotopic (exact) mass is 312 g/mol. The molecule has 0 radical (unpaired) electrons. The summed E-state index contributed by atoms with van der Waals surface area (Å²) in [7, 11) is 0. The van der Waals surface area contributed by atoms with E-state index in [4.69, 9.17) is 4.42 Å². The lowest BCUT2D eigenvalue weighted by molar-refractivity contribution is 0.0947. The van der Waals surface area contributed by atoms with Crippen LogP contribution < -0.4 is 5.32 Å². The van der Waals surface area contributed by atoms with Gasteiger partial charge in [-0.2, -0.15) is 0 Å². The van der Waals surface area contributed by atoms with Crippen LogP contribution in [0.3, 0.4) is 0 Å². The van der Waals surface area contributed by atoms with Gasteiger partial charge in [-0.25, -0.2) is 4.39 Å². The summed E-state index contributed by atoms with van der Waals surface area (Å²) in [6.45, 7) is 1.97.